The lowest BCUT2D eigenvalue weighted by Crippen LogP contribution is -2.36. The molecule has 3 fully saturated rings. The van der Waals surface area contributed by atoms with Gasteiger partial charge in [0.15, 0.2) is 0 Å². The van der Waals surface area contributed by atoms with Crippen LogP contribution in [0.5, 0.6) is 0 Å². The van der Waals surface area contributed by atoms with Gasteiger partial charge in [-0.15, -0.1) is 0 Å². The first kappa shape index (κ1) is 9.17. The van der Waals surface area contributed by atoms with Crippen LogP contribution in [0.25, 0.3) is 0 Å². The minimum Gasteiger partial charge on any atom is -0.315 e. The Morgan fingerprint density at radius 3 is 3.07 bits per heavy atom. The summed E-state index contributed by atoms with van der Waals surface area (Å²) in [4.78, 5) is 0. The first-order valence-electron chi connectivity index (χ1n) is 6.33. The van der Waals surface area contributed by atoms with E-state index in [1.807, 2.05) is 0 Å². The highest BCUT2D eigenvalue weighted by Gasteiger charge is 2.54. The third-order valence-electron chi connectivity index (χ3n) is 4.64. The van der Waals surface area contributed by atoms with Gasteiger partial charge in [0.05, 0.1) is 0 Å². The van der Waals surface area contributed by atoms with Crippen LogP contribution in [0.15, 0.2) is 0 Å². The molecule has 2 heteroatoms. The summed E-state index contributed by atoms with van der Waals surface area (Å²) >= 11 is 0. The Labute approximate surface area is 86.8 Å². The Morgan fingerprint density at radius 1 is 1.29 bits per heavy atom. The average Bonchev–Trinajstić information content (AvgIpc) is 2.71. The lowest BCUT2D eigenvalue weighted by molar-refractivity contribution is 0.309. The van der Waals surface area contributed by atoms with Crippen molar-refractivity contribution in [1.29, 1.82) is 0 Å². The third-order valence-corrected chi connectivity index (χ3v) is 4.64. The summed E-state index contributed by atoms with van der Waals surface area (Å²) in [5.74, 6) is 1.10. The van der Waals surface area contributed by atoms with Gasteiger partial charge in [-0.05, 0) is 43.6 Å². The Kier molecular flexibility index (Phi) is 2.29. The standard InChI is InChI=1S/C12H22N2/c1-2-5-12(7-10(12)3-1)9-14-11-4-6-13-8-11/h10-11,13-14H,1-9H2/t10?,11-,12?/m0/s1. The number of nitrogens with one attached hydrogen (secondary N) is 2. The van der Waals surface area contributed by atoms with Gasteiger partial charge in [-0.2, -0.15) is 0 Å². The Morgan fingerprint density at radius 2 is 2.29 bits per heavy atom. The van der Waals surface area contributed by atoms with Crippen molar-refractivity contribution < 1.29 is 0 Å². The molecule has 1 heterocycles. The predicted molar refractivity (Wildman–Crippen MR) is 58.3 cm³/mol. The number of hydrogen-bond acceptors (Lipinski definition) is 2. The molecule has 0 radical (unpaired) electrons. The molecule has 0 aromatic carbocycles. The van der Waals surface area contributed by atoms with Crippen LogP contribution in [0.3, 0.4) is 0 Å². The molecule has 2 N–H and O–H groups in total. The Balaban J connectivity index is 1.48. The van der Waals surface area contributed by atoms with E-state index < -0.39 is 0 Å². The first-order chi connectivity index (χ1) is 6.89. The maximum Gasteiger partial charge on any atom is 0.0204 e. The largest absolute Gasteiger partial charge is 0.315 e. The van der Waals surface area contributed by atoms with Crippen LogP contribution in [-0.2, 0) is 0 Å². The molecule has 3 aliphatic rings. The van der Waals surface area contributed by atoms with Crippen molar-refractivity contribution in [3.05, 3.63) is 0 Å². The summed E-state index contributed by atoms with van der Waals surface area (Å²) in [6.07, 6.45) is 8.87. The maximum atomic E-state index is 3.77. The minimum absolute atomic E-state index is 0.765. The molecular formula is C12H22N2. The van der Waals surface area contributed by atoms with Crippen molar-refractivity contribution in [2.45, 2.75) is 44.6 Å². The molecular weight excluding hydrogens is 172 g/mol. The predicted octanol–water partition coefficient (Wildman–Crippen LogP) is 1.52. The molecule has 3 atom stereocenters. The van der Waals surface area contributed by atoms with E-state index in [-0.39, 0.29) is 0 Å². The van der Waals surface area contributed by atoms with Gasteiger partial charge in [-0.3, -0.25) is 0 Å². The van der Waals surface area contributed by atoms with E-state index in [0.29, 0.717) is 0 Å². The van der Waals surface area contributed by atoms with Crippen molar-refractivity contribution in [3.63, 3.8) is 0 Å². The van der Waals surface area contributed by atoms with Gasteiger partial charge in [0, 0.05) is 19.1 Å². The Hall–Kier alpha value is -0.0800. The third kappa shape index (κ3) is 1.59. The molecule has 0 amide bonds. The SMILES string of the molecule is C1CCC2(CN[C@H]3CCNC3)CC2C1. The molecule has 1 aliphatic heterocycles. The fourth-order valence-corrected chi connectivity index (χ4v) is 3.50. The van der Waals surface area contributed by atoms with Gasteiger partial charge >= 0.3 is 0 Å². The monoisotopic (exact) mass is 194 g/mol. The molecule has 1 saturated heterocycles. The highest BCUT2D eigenvalue weighted by atomic mass is 15.0. The van der Waals surface area contributed by atoms with Gasteiger partial charge in [-0.25, -0.2) is 0 Å². The molecule has 0 bridgehead atoms. The van der Waals surface area contributed by atoms with Crippen LogP contribution in [-0.4, -0.2) is 25.7 Å². The summed E-state index contributed by atoms with van der Waals surface area (Å²) in [5.41, 5.74) is 0.765. The first-order valence-corrected chi connectivity index (χ1v) is 6.33. The lowest BCUT2D eigenvalue weighted by atomic mass is 9.88. The van der Waals surface area contributed by atoms with E-state index in [9.17, 15) is 0 Å². The highest BCUT2D eigenvalue weighted by molar-refractivity contribution is 5.05. The molecule has 80 valence electrons. The van der Waals surface area contributed by atoms with Crippen molar-refractivity contribution in [2.75, 3.05) is 19.6 Å². The molecule has 2 unspecified atom stereocenters. The second-order valence-corrected chi connectivity index (χ2v) is 5.58. The zero-order valence-electron chi connectivity index (χ0n) is 9.02. The second kappa shape index (κ2) is 3.49. The summed E-state index contributed by atoms with van der Waals surface area (Å²) in [5, 5.41) is 7.19. The quantitative estimate of drug-likeness (QED) is 0.712. The molecule has 2 aliphatic carbocycles. The molecule has 0 spiro atoms. The van der Waals surface area contributed by atoms with Crippen molar-refractivity contribution in [2.24, 2.45) is 11.3 Å². The summed E-state index contributed by atoms with van der Waals surface area (Å²) in [6, 6.07) is 0.771. The number of rotatable bonds is 3. The van der Waals surface area contributed by atoms with Crippen LogP contribution in [0.1, 0.15) is 38.5 Å². The van der Waals surface area contributed by atoms with Crippen LogP contribution in [0.4, 0.5) is 0 Å². The van der Waals surface area contributed by atoms with Gasteiger partial charge in [-0.1, -0.05) is 12.8 Å². The molecule has 3 rings (SSSR count). The van der Waals surface area contributed by atoms with Crippen molar-refractivity contribution in [1.82, 2.24) is 10.6 Å². The van der Waals surface area contributed by atoms with Gasteiger partial charge in [0.1, 0.15) is 0 Å². The zero-order valence-corrected chi connectivity index (χ0v) is 9.02. The van der Waals surface area contributed by atoms with Crippen LogP contribution in [0, 0.1) is 11.3 Å². The lowest BCUT2D eigenvalue weighted by Gasteiger charge is -2.24. The molecule has 2 nitrogen and oxygen atoms in total. The van der Waals surface area contributed by atoms with Crippen molar-refractivity contribution >= 4 is 0 Å². The van der Waals surface area contributed by atoms with Crippen LogP contribution < -0.4 is 10.6 Å². The second-order valence-electron chi connectivity index (χ2n) is 5.58. The smallest absolute Gasteiger partial charge is 0.0204 e. The van der Waals surface area contributed by atoms with Crippen molar-refractivity contribution in [3.8, 4) is 0 Å². The van der Waals surface area contributed by atoms with Gasteiger partial charge < -0.3 is 10.6 Å². The minimum atomic E-state index is 0.765. The van der Waals surface area contributed by atoms with Crippen LogP contribution in [0.2, 0.25) is 0 Å². The number of fused-ring (bicyclic) bond motifs is 1. The maximum absolute atomic E-state index is 3.77. The van der Waals surface area contributed by atoms with E-state index in [1.165, 1.54) is 58.2 Å². The number of hydrogen-bond donors (Lipinski definition) is 2. The molecule has 0 aromatic heterocycles. The van der Waals surface area contributed by atoms with Crippen LogP contribution >= 0.6 is 0 Å². The summed E-state index contributed by atoms with van der Waals surface area (Å²) in [7, 11) is 0. The fourth-order valence-electron chi connectivity index (χ4n) is 3.50. The van der Waals surface area contributed by atoms with Gasteiger partial charge in [0.25, 0.3) is 0 Å². The average molecular weight is 194 g/mol. The Bertz CT molecular complexity index is 210. The molecule has 2 saturated carbocycles. The van der Waals surface area contributed by atoms with E-state index >= 15 is 0 Å². The fraction of sp³-hybridized carbons (Fsp3) is 1.00. The zero-order chi connectivity index (χ0) is 9.43. The highest BCUT2D eigenvalue weighted by Crippen LogP contribution is 2.60. The normalized spacial score (nSPS) is 46.3. The summed E-state index contributed by atoms with van der Waals surface area (Å²) < 4.78 is 0. The van der Waals surface area contributed by atoms with E-state index in [4.69, 9.17) is 0 Å². The topological polar surface area (TPSA) is 24.1 Å². The molecule has 0 aromatic rings. The van der Waals surface area contributed by atoms with E-state index in [1.54, 1.807) is 0 Å². The summed E-state index contributed by atoms with van der Waals surface area (Å²) in [6.45, 7) is 3.72. The van der Waals surface area contributed by atoms with E-state index in [0.717, 1.165) is 17.4 Å². The van der Waals surface area contributed by atoms with E-state index in [2.05, 4.69) is 10.6 Å². The van der Waals surface area contributed by atoms with Gasteiger partial charge in [0.2, 0.25) is 0 Å². The molecule has 14 heavy (non-hydrogen) atoms.